The van der Waals surface area contributed by atoms with Crippen molar-refractivity contribution in [2.45, 2.75) is 6.10 Å². The lowest BCUT2D eigenvalue weighted by atomic mass is 10.4. The van der Waals surface area contributed by atoms with E-state index in [1.807, 2.05) is 36.4 Å². The van der Waals surface area contributed by atoms with Crippen LogP contribution in [0.1, 0.15) is 0 Å². The van der Waals surface area contributed by atoms with Gasteiger partial charge in [-0.1, -0.05) is 36.4 Å². The Morgan fingerprint density at radius 2 is 1.60 bits per heavy atom. The molecule has 1 aromatic carbocycles. The van der Waals surface area contributed by atoms with Crippen LogP contribution in [0.4, 0.5) is 0 Å². The highest BCUT2D eigenvalue weighted by molar-refractivity contribution is 5.72. The van der Waals surface area contributed by atoms with Gasteiger partial charge >= 0.3 is 5.97 Å². The summed E-state index contributed by atoms with van der Waals surface area (Å²) < 4.78 is 9.65. The summed E-state index contributed by atoms with van der Waals surface area (Å²) in [4.78, 5) is 10.1. The van der Waals surface area contributed by atoms with Gasteiger partial charge in [0.2, 0.25) is 0 Å². The van der Waals surface area contributed by atoms with Gasteiger partial charge < -0.3 is 14.6 Å². The number of ether oxygens (including phenoxy) is 2. The predicted octanol–water partition coefficient (Wildman–Crippen LogP) is 1.17. The van der Waals surface area contributed by atoms with Crippen molar-refractivity contribution >= 4 is 5.97 Å². The summed E-state index contributed by atoms with van der Waals surface area (Å²) in [6, 6.07) is 12.0. The number of benzene rings is 1. The molecule has 1 atom stereocenters. The molecule has 4 nitrogen and oxygen atoms in total. The van der Waals surface area contributed by atoms with Gasteiger partial charge in [-0.25, -0.2) is 4.79 Å². The molecule has 1 heterocycles. The molecular formula is C11H14O4. The van der Waals surface area contributed by atoms with Crippen molar-refractivity contribution in [1.82, 2.24) is 0 Å². The summed E-state index contributed by atoms with van der Waals surface area (Å²) in [7, 11) is 0. The van der Waals surface area contributed by atoms with Gasteiger partial charge in [-0.3, -0.25) is 0 Å². The van der Waals surface area contributed by atoms with Gasteiger partial charge in [0.1, 0.15) is 0 Å². The van der Waals surface area contributed by atoms with Crippen molar-refractivity contribution < 1.29 is 19.4 Å². The first-order valence-electron chi connectivity index (χ1n) is 4.73. The second kappa shape index (κ2) is 6.98. The SMILES string of the molecule is O=C(O)C1COCCO1.c1ccccc1. The van der Waals surface area contributed by atoms with Gasteiger partial charge in [0.15, 0.2) is 6.10 Å². The van der Waals surface area contributed by atoms with Gasteiger partial charge in [0.25, 0.3) is 0 Å². The fourth-order valence-corrected chi connectivity index (χ4v) is 1.02. The molecule has 0 aromatic heterocycles. The third-order valence-corrected chi connectivity index (χ3v) is 1.76. The Bertz CT molecular complexity index is 240. The maximum absolute atomic E-state index is 10.1. The van der Waals surface area contributed by atoms with E-state index in [9.17, 15) is 4.79 Å². The van der Waals surface area contributed by atoms with Crippen molar-refractivity contribution in [2.75, 3.05) is 19.8 Å². The molecule has 1 fully saturated rings. The van der Waals surface area contributed by atoms with E-state index >= 15 is 0 Å². The fraction of sp³-hybridized carbons (Fsp3) is 0.364. The van der Waals surface area contributed by atoms with Gasteiger partial charge in [0, 0.05) is 0 Å². The molecule has 82 valence electrons. The van der Waals surface area contributed by atoms with E-state index in [0.29, 0.717) is 13.2 Å². The summed E-state index contributed by atoms with van der Waals surface area (Å²) in [5.41, 5.74) is 0. The van der Waals surface area contributed by atoms with E-state index < -0.39 is 12.1 Å². The van der Waals surface area contributed by atoms with Crippen LogP contribution in [0.2, 0.25) is 0 Å². The van der Waals surface area contributed by atoms with E-state index in [1.54, 1.807) is 0 Å². The zero-order chi connectivity index (χ0) is 10.9. The highest BCUT2D eigenvalue weighted by atomic mass is 16.6. The molecule has 1 unspecified atom stereocenters. The number of carbonyl (C=O) groups is 1. The third kappa shape index (κ3) is 5.15. The van der Waals surface area contributed by atoms with Gasteiger partial charge in [-0.05, 0) is 0 Å². The Morgan fingerprint density at radius 3 is 1.87 bits per heavy atom. The zero-order valence-corrected chi connectivity index (χ0v) is 8.33. The molecule has 1 saturated heterocycles. The van der Waals surface area contributed by atoms with Crippen LogP contribution in [0.5, 0.6) is 0 Å². The lowest BCUT2D eigenvalue weighted by Gasteiger charge is -2.18. The first kappa shape index (κ1) is 11.7. The van der Waals surface area contributed by atoms with Crippen LogP contribution in [0.25, 0.3) is 0 Å². The maximum atomic E-state index is 10.1. The molecule has 0 saturated carbocycles. The molecular weight excluding hydrogens is 196 g/mol. The monoisotopic (exact) mass is 210 g/mol. The second-order valence-corrected chi connectivity index (χ2v) is 2.93. The molecule has 1 N–H and O–H groups in total. The van der Waals surface area contributed by atoms with E-state index in [4.69, 9.17) is 14.6 Å². The smallest absolute Gasteiger partial charge is 0.335 e. The van der Waals surface area contributed by atoms with Crippen molar-refractivity contribution in [2.24, 2.45) is 0 Å². The fourth-order valence-electron chi connectivity index (χ4n) is 1.02. The van der Waals surface area contributed by atoms with Crippen molar-refractivity contribution in [3.05, 3.63) is 36.4 Å². The molecule has 0 amide bonds. The number of carboxylic acids is 1. The van der Waals surface area contributed by atoms with E-state index in [0.717, 1.165) is 0 Å². The highest BCUT2D eigenvalue weighted by Gasteiger charge is 2.20. The van der Waals surface area contributed by atoms with Gasteiger partial charge in [0.05, 0.1) is 19.8 Å². The van der Waals surface area contributed by atoms with Crippen molar-refractivity contribution in [1.29, 1.82) is 0 Å². The van der Waals surface area contributed by atoms with Gasteiger partial charge in [-0.15, -0.1) is 0 Å². The van der Waals surface area contributed by atoms with Gasteiger partial charge in [-0.2, -0.15) is 0 Å². The Balaban J connectivity index is 0.000000162. The van der Waals surface area contributed by atoms with Crippen LogP contribution >= 0.6 is 0 Å². The average molecular weight is 210 g/mol. The van der Waals surface area contributed by atoms with Crippen molar-refractivity contribution in [3.8, 4) is 0 Å². The van der Waals surface area contributed by atoms with Crippen molar-refractivity contribution in [3.63, 3.8) is 0 Å². The average Bonchev–Trinajstić information content (AvgIpc) is 2.33. The Kier molecular flexibility index (Phi) is 5.43. The molecule has 0 radical (unpaired) electrons. The van der Waals surface area contributed by atoms with E-state index in [-0.39, 0.29) is 6.61 Å². The molecule has 1 aromatic rings. The molecule has 0 spiro atoms. The normalized spacial score (nSPS) is 19.9. The van der Waals surface area contributed by atoms with Crippen LogP contribution < -0.4 is 0 Å². The zero-order valence-electron chi connectivity index (χ0n) is 8.33. The van der Waals surface area contributed by atoms with E-state index in [2.05, 4.69) is 0 Å². The second-order valence-electron chi connectivity index (χ2n) is 2.93. The quantitative estimate of drug-likeness (QED) is 0.756. The highest BCUT2D eigenvalue weighted by Crippen LogP contribution is 1.99. The Labute approximate surface area is 88.4 Å². The molecule has 1 aliphatic rings. The third-order valence-electron chi connectivity index (χ3n) is 1.76. The number of aliphatic carboxylic acids is 1. The minimum absolute atomic E-state index is 0.176. The lowest BCUT2D eigenvalue weighted by Crippen LogP contribution is -2.35. The number of rotatable bonds is 1. The summed E-state index contributed by atoms with van der Waals surface area (Å²) >= 11 is 0. The number of hydrogen-bond donors (Lipinski definition) is 1. The lowest BCUT2D eigenvalue weighted by molar-refractivity contribution is -0.164. The molecule has 15 heavy (non-hydrogen) atoms. The molecule has 4 heteroatoms. The van der Waals surface area contributed by atoms with E-state index in [1.165, 1.54) is 0 Å². The number of hydrogen-bond acceptors (Lipinski definition) is 3. The van der Waals surface area contributed by atoms with Crippen LogP contribution in [-0.4, -0.2) is 37.0 Å². The largest absolute Gasteiger partial charge is 0.479 e. The summed E-state index contributed by atoms with van der Waals surface area (Å²) in [6.07, 6.45) is -0.751. The van der Waals surface area contributed by atoms with Crippen LogP contribution in [0.15, 0.2) is 36.4 Å². The predicted molar refractivity (Wildman–Crippen MR) is 54.6 cm³/mol. The minimum Gasteiger partial charge on any atom is -0.479 e. The first-order chi connectivity index (χ1) is 7.30. The summed E-state index contributed by atoms with van der Waals surface area (Å²) in [5, 5.41) is 8.33. The molecule has 0 aliphatic carbocycles. The number of carboxylic acid groups (broad SMARTS) is 1. The topological polar surface area (TPSA) is 55.8 Å². The Hall–Kier alpha value is -1.39. The minimum atomic E-state index is -0.949. The first-order valence-corrected chi connectivity index (χ1v) is 4.73. The molecule has 2 rings (SSSR count). The maximum Gasteiger partial charge on any atom is 0.335 e. The molecule has 1 aliphatic heterocycles. The Morgan fingerprint density at radius 1 is 1.07 bits per heavy atom. The summed E-state index contributed by atoms with van der Waals surface area (Å²) in [6.45, 7) is 1.07. The standard InChI is InChI=1S/C6H6.C5H8O4/c1-2-4-6-5-3-1;6-5(7)4-3-8-1-2-9-4/h1-6H;4H,1-3H2,(H,6,7). The molecule has 0 bridgehead atoms. The van der Waals surface area contributed by atoms with Crippen LogP contribution in [0, 0.1) is 0 Å². The van der Waals surface area contributed by atoms with Crippen LogP contribution in [-0.2, 0) is 14.3 Å². The summed E-state index contributed by atoms with van der Waals surface area (Å²) in [5.74, 6) is -0.949. The van der Waals surface area contributed by atoms with Crippen LogP contribution in [0.3, 0.4) is 0 Å².